The standard InChI is InChI=1S/C5H12N2.C3H6O2/c1-7-4-2-6-3-5-7;1-2-5-3-4/h6H,2-5H2,1H3;3H,2H2,1H3. The average molecular weight is 174 g/mol. The van der Waals surface area contributed by atoms with E-state index in [1.54, 1.807) is 6.92 Å². The molecule has 0 spiro atoms. The number of likely N-dealkylation sites (N-methyl/N-ethyl adjacent to an activating group) is 1. The summed E-state index contributed by atoms with van der Waals surface area (Å²) in [6.07, 6.45) is 0. The van der Waals surface area contributed by atoms with E-state index in [0.717, 1.165) is 13.1 Å². The number of rotatable bonds is 2. The molecule has 1 rings (SSSR count). The quantitative estimate of drug-likeness (QED) is 0.584. The number of ether oxygens (including phenoxy) is 1. The van der Waals surface area contributed by atoms with Crippen molar-refractivity contribution >= 4 is 6.47 Å². The molecule has 1 aliphatic heterocycles. The maximum Gasteiger partial charge on any atom is 0.293 e. The van der Waals surface area contributed by atoms with Gasteiger partial charge in [-0.25, -0.2) is 0 Å². The first kappa shape index (κ1) is 11.4. The number of carbonyl (C=O) groups is 1. The first-order valence-electron chi connectivity index (χ1n) is 4.25. The lowest BCUT2D eigenvalue weighted by molar-refractivity contribution is -0.128. The SMILES string of the molecule is CCOC=O.CN1CCNCC1. The fourth-order valence-electron chi connectivity index (χ4n) is 0.845. The molecule has 0 aromatic carbocycles. The van der Waals surface area contributed by atoms with Gasteiger partial charge in [-0.1, -0.05) is 0 Å². The Morgan fingerprint density at radius 1 is 1.50 bits per heavy atom. The molecule has 1 heterocycles. The molecule has 0 unspecified atom stereocenters. The van der Waals surface area contributed by atoms with Crippen LogP contribution in [0.4, 0.5) is 0 Å². The summed E-state index contributed by atoms with van der Waals surface area (Å²) in [5, 5.41) is 3.27. The van der Waals surface area contributed by atoms with Gasteiger partial charge < -0.3 is 15.0 Å². The number of piperazine rings is 1. The minimum Gasteiger partial charge on any atom is -0.468 e. The van der Waals surface area contributed by atoms with Crippen LogP contribution in [0.1, 0.15) is 6.92 Å². The highest BCUT2D eigenvalue weighted by Crippen LogP contribution is 1.83. The maximum absolute atomic E-state index is 9.18. The third kappa shape index (κ3) is 7.50. The summed E-state index contributed by atoms with van der Waals surface area (Å²) < 4.78 is 4.15. The van der Waals surface area contributed by atoms with Crippen molar-refractivity contribution < 1.29 is 9.53 Å². The van der Waals surface area contributed by atoms with Crippen molar-refractivity contribution in [3.63, 3.8) is 0 Å². The van der Waals surface area contributed by atoms with Crippen molar-refractivity contribution in [2.24, 2.45) is 0 Å². The lowest BCUT2D eigenvalue weighted by Crippen LogP contribution is -2.40. The molecule has 4 heteroatoms. The molecular formula is C8H18N2O2. The van der Waals surface area contributed by atoms with Gasteiger partial charge in [-0.05, 0) is 14.0 Å². The van der Waals surface area contributed by atoms with Crippen LogP contribution in [0.5, 0.6) is 0 Å². The van der Waals surface area contributed by atoms with Gasteiger partial charge in [-0.2, -0.15) is 0 Å². The van der Waals surface area contributed by atoms with Gasteiger partial charge in [0.1, 0.15) is 0 Å². The highest BCUT2D eigenvalue weighted by molar-refractivity contribution is 5.36. The second-order valence-electron chi connectivity index (χ2n) is 2.60. The monoisotopic (exact) mass is 174 g/mol. The van der Waals surface area contributed by atoms with Gasteiger partial charge in [0.05, 0.1) is 6.61 Å². The fraction of sp³-hybridized carbons (Fsp3) is 0.875. The fourth-order valence-corrected chi connectivity index (χ4v) is 0.845. The van der Waals surface area contributed by atoms with E-state index in [1.165, 1.54) is 13.1 Å². The zero-order valence-corrected chi connectivity index (χ0v) is 7.88. The van der Waals surface area contributed by atoms with E-state index in [1.807, 2.05) is 0 Å². The number of hydrogen-bond donors (Lipinski definition) is 1. The summed E-state index contributed by atoms with van der Waals surface area (Å²) in [5.41, 5.74) is 0. The molecule has 4 nitrogen and oxygen atoms in total. The molecule has 0 radical (unpaired) electrons. The molecule has 0 aromatic rings. The van der Waals surface area contributed by atoms with E-state index in [0.29, 0.717) is 13.1 Å². The van der Waals surface area contributed by atoms with Crippen molar-refractivity contribution in [1.82, 2.24) is 10.2 Å². The van der Waals surface area contributed by atoms with Crippen molar-refractivity contribution in [1.29, 1.82) is 0 Å². The Balaban J connectivity index is 0.000000217. The predicted molar refractivity (Wildman–Crippen MR) is 48.1 cm³/mol. The van der Waals surface area contributed by atoms with E-state index in [-0.39, 0.29) is 0 Å². The van der Waals surface area contributed by atoms with Crippen LogP contribution in [0.3, 0.4) is 0 Å². The number of nitrogens with zero attached hydrogens (tertiary/aromatic N) is 1. The molecule has 0 aliphatic carbocycles. The van der Waals surface area contributed by atoms with Crippen LogP contribution in [-0.4, -0.2) is 51.2 Å². The summed E-state index contributed by atoms with van der Waals surface area (Å²) >= 11 is 0. The Labute approximate surface area is 73.9 Å². The van der Waals surface area contributed by atoms with Crippen LogP contribution in [0, 0.1) is 0 Å². The van der Waals surface area contributed by atoms with E-state index in [4.69, 9.17) is 0 Å². The van der Waals surface area contributed by atoms with Crippen LogP contribution < -0.4 is 5.32 Å². The zero-order chi connectivity index (χ0) is 9.23. The molecule has 0 atom stereocenters. The Kier molecular flexibility index (Phi) is 8.05. The van der Waals surface area contributed by atoms with Crippen LogP contribution in [0.25, 0.3) is 0 Å². The van der Waals surface area contributed by atoms with E-state index < -0.39 is 0 Å². The lowest BCUT2D eigenvalue weighted by Gasteiger charge is -2.21. The van der Waals surface area contributed by atoms with Gasteiger partial charge in [0.15, 0.2) is 0 Å². The second-order valence-corrected chi connectivity index (χ2v) is 2.60. The molecule has 1 aliphatic rings. The van der Waals surface area contributed by atoms with Gasteiger partial charge >= 0.3 is 0 Å². The summed E-state index contributed by atoms with van der Waals surface area (Å²) in [4.78, 5) is 11.5. The van der Waals surface area contributed by atoms with Crippen molar-refractivity contribution in [3.05, 3.63) is 0 Å². The largest absolute Gasteiger partial charge is 0.468 e. The molecular weight excluding hydrogens is 156 g/mol. The van der Waals surface area contributed by atoms with Crippen LogP contribution in [-0.2, 0) is 9.53 Å². The Bertz CT molecular complexity index is 103. The number of hydrogen-bond acceptors (Lipinski definition) is 4. The lowest BCUT2D eigenvalue weighted by atomic mass is 10.4. The molecule has 0 amide bonds. The molecule has 1 fully saturated rings. The smallest absolute Gasteiger partial charge is 0.293 e. The second kappa shape index (κ2) is 8.49. The molecule has 0 saturated carbocycles. The Hall–Kier alpha value is -0.610. The van der Waals surface area contributed by atoms with E-state index in [9.17, 15) is 4.79 Å². The van der Waals surface area contributed by atoms with E-state index in [2.05, 4.69) is 22.0 Å². The summed E-state index contributed by atoms with van der Waals surface area (Å²) in [6.45, 7) is 7.41. The highest BCUT2D eigenvalue weighted by atomic mass is 16.5. The van der Waals surface area contributed by atoms with Crippen molar-refractivity contribution in [2.45, 2.75) is 6.92 Å². The topological polar surface area (TPSA) is 41.6 Å². The third-order valence-electron chi connectivity index (χ3n) is 1.58. The molecule has 0 bridgehead atoms. The van der Waals surface area contributed by atoms with Crippen molar-refractivity contribution in [3.8, 4) is 0 Å². The van der Waals surface area contributed by atoms with Gasteiger partial charge in [0.25, 0.3) is 6.47 Å². The molecule has 1 N–H and O–H groups in total. The summed E-state index contributed by atoms with van der Waals surface area (Å²) in [6, 6.07) is 0. The van der Waals surface area contributed by atoms with Crippen LogP contribution in [0.2, 0.25) is 0 Å². The first-order chi connectivity index (χ1) is 5.81. The third-order valence-corrected chi connectivity index (χ3v) is 1.58. The Morgan fingerprint density at radius 3 is 2.25 bits per heavy atom. The number of carbonyl (C=O) groups excluding carboxylic acids is 1. The van der Waals surface area contributed by atoms with Crippen LogP contribution in [0.15, 0.2) is 0 Å². The molecule has 72 valence electrons. The number of nitrogens with one attached hydrogen (secondary N) is 1. The summed E-state index contributed by atoms with van der Waals surface area (Å²) in [5.74, 6) is 0. The zero-order valence-electron chi connectivity index (χ0n) is 7.88. The van der Waals surface area contributed by atoms with Gasteiger partial charge in [0, 0.05) is 26.2 Å². The first-order valence-corrected chi connectivity index (χ1v) is 4.25. The minimum absolute atomic E-state index is 0.431. The predicted octanol–water partition coefficient (Wildman–Crippen LogP) is -0.299. The highest BCUT2D eigenvalue weighted by Gasteiger charge is 2.01. The van der Waals surface area contributed by atoms with Gasteiger partial charge in [0.2, 0.25) is 0 Å². The summed E-state index contributed by atoms with van der Waals surface area (Å²) in [7, 11) is 2.15. The van der Waals surface area contributed by atoms with Gasteiger partial charge in [-0.15, -0.1) is 0 Å². The molecule has 0 aromatic heterocycles. The van der Waals surface area contributed by atoms with E-state index >= 15 is 0 Å². The normalized spacial score (nSPS) is 17.5. The van der Waals surface area contributed by atoms with Crippen LogP contribution >= 0.6 is 0 Å². The Morgan fingerprint density at radius 2 is 2.08 bits per heavy atom. The minimum atomic E-state index is 0.431. The van der Waals surface area contributed by atoms with Gasteiger partial charge in [-0.3, -0.25) is 4.79 Å². The molecule has 12 heavy (non-hydrogen) atoms. The maximum atomic E-state index is 9.18. The average Bonchev–Trinajstić information content (AvgIpc) is 2.08. The molecule has 1 saturated heterocycles. The van der Waals surface area contributed by atoms with Crippen molar-refractivity contribution in [2.75, 3.05) is 39.8 Å².